The largest absolute Gasteiger partial charge is 0.318 e. The molecule has 0 N–H and O–H groups in total. The van der Waals surface area contributed by atoms with Crippen LogP contribution in [0, 0.1) is 32.1 Å². The topological polar surface area (TPSA) is 28.7 Å². The molecule has 0 radical (unpaired) electrons. The molecular formula is C22H17BrCl2N2. The molecule has 0 aliphatic heterocycles. The Morgan fingerprint density at radius 3 is 2.41 bits per heavy atom. The Morgan fingerprint density at radius 1 is 1.04 bits per heavy atom. The molecular weight excluding hydrogens is 443 g/mol. The van der Waals surface area contributed by atoms with E-state index < -0.39 is 0 Å². The molecule has 0 saturated carbocycles. The number of hydrogen-bond acceptors (Lipinski definition) is 1. The summed E-state index contributed by atoms with van der Waals surface area (Å²) in [4.78, 5) is 0. The minimum absolute atomic E-state index is 0.435. The molecule has 0 bridgehead atoms. The average Bonchev–Trinajstić information content (AvgIpc) is 2.91. The zero-order chi connectivity index (χ0) is 19.7. The zero-order valence-corrected chi connectivity index (χ0v) is 18.2. The lowest BCUT2D eigenvalue weighted by molar-refractivity contribution is 0.962. The Hall–Kier alpha value is -1.99. The summed E-state index contributed by atoms with van der Waals surface area (Å²) in [5.74, 6) is 0. The van der Waals surface area contributed by atoms with Gasteiger partial charge in [-0.25, -0.2) is 0 Å². The molecule has 2 nitrogen and oxygen atoms in total. The Kier molecular flexibility index (Phi) is 5.81. The minimum atomic E-state index is 0.435. The van der Waals surface area contributed by atoms with E-state index in [0.29, 0.717) is 15.6 Å². The van der Waals surface area contributed by atoms with E-state index >= 15 is 0 Å². The van der Waals surface area contributed by atoms with Gasteiger partial charge >= 0.3 is 0 Å². The SMILES string of the molecule is Cc1ccc(-n2c(C)cc(/C=C(/C#N)c3ccc(Cl)c(Cl)c3)c2C)cc1Br. The smallest absolute Gasteiger partial charge is 0.0998 e. The van der Waals surface area contributed by atoms with Crippen molar-refractivity contribution < 1.29 is 0 Å². The van der Waals surface area contributed by atoms with Crippen molar-refractivity contribution in [1.29, 1.82) is 5.26 Å². The maximum Gasteiger partial charge on any atom is 0.0998 e. The fraction of sp³-hybridized carbons (Fsp3) is 0.136. The number of hydrogen-bond donors (Lipinski definition) is 0. The molecule has 136 valence electrons. The van der Waals surface area contributed by atoms with Crippen molar-refractivity contribution in [3.63, 3.8) is 0 Å². The monoisotopic (exact) mass is 458 g/mol. The van der Waals surface area contributed by atoms with Crippen molar-refractivity contribution in [2.75, 3.05) is 0 Å². The van der Waals surface area contributed by atoms with Gasteiger partial charge in [0.1, 0.15) is 0 Å². The Bertz CT molecular complexity index is 1100. The molecule has 2 aromatic carbocycles. The summed E-state index contributed by atoms with van der Waals surface area (Å²) in [6, 6.07) is 15.9. The highest BCUT2D eigenvalue weighted by molar-refractivity contribution is 9.10. The van der Waals surface area contributed by atoms with Crippen LogP contribution in [0.2, 0.25) is 10.0 Å². The van der Waals surface area contributed by atoms with Gasteiger partial charge in [0.2, 0.25) is 0 Å². The van der Waals surface area contributed by atoms with Gasteiger partial charge in [-0.15, -0.1) is 0 Å². The quantitative estimate of drug-likeness (QED) is 0.372. The number of aromatic nitrogens is 1. The molecule has 3 rings (SSSR count). The number of benzene rings is 2. The minimum Gasteiger partial charge on any atom is -0.318 e. The molecule has 27 heavy (non-hydrogen) atoms. The Balaban J connectivity index is 2.09. The van der Waals surface area contributed by atoms with E-state index in [1.54, 1.807) is 18.2 Å². The Labute approximate surface area is 177 Å². The van der Waals surface area contributed by atoms with Crippen LogP contribution < -0.4 is 0 Å². The predicted molar refractivity (Wildman–Crippen MR) is 118 cm³/mol. The number of nitrogens with zero attached hydrogens (tertiary/aromatic N) is 2. The maximum atomic E-state index is 9.64. The van der Waals surface area contributed by atoms with Crippen LogP contribution >= 0.6 is 39.1 Å². The van der Waals surface area contributed by atoms with Crippen molar-refractivity contribution in [2.24, 2.45) is 0 Å². The fourth-order valence-electron chi connectivity index (χ4n) is 3.05. The molecule has 3 aromatic rings. The van der Waals surface area contributed by atoms with Gasteiger partial charge in [0, 0.05) is 21.5 Å². The van der Waals surface area contributed by atoms with Crippen molar-refractivity contribution in [3.8, 4) is 11.8 Å². The summed E-state index contributed by atoms with van der Waals surface area (Å²) in [5, 5.41) is 10.6. The zero-order valence-electron chi connectivity index (χ0n) is 15.1. The summed E-state index contributed by atoms with van der Waals surface area (Å²) in [7, 11) is 0. The van der Waals surface area contributed by atoms with Crippen LogP contribution in [0.4, 0.5) is 0 Å². The van der Waals surface area contributed by atoms with E-state index in [4.69, 9.17) is 23.2 Å². The van der Waals surface area contributed by atoms with Crippen LogP contribution in [0.25, 0.3) is 17.3 Å². The van der Waals surface area contributed by atoms with Crippen LogP contribution in [-0.4, -0.2) is 4.57 Å². The van der Waals surface area contributed by atoms with Crippen molar-refractivity contribution in [1.82, 2.24) is 4.57 Å². The number of rotatable bonds is 3. The highest BCUT2D eigenvalue weighted by atomic mass is 79.9. The Morgan fingerprint density at radius 2 is 1.78 bits per heavy atom. The van der Waals surface area contributed by atoms with E-state index in [2.05, 4.69) is 71.6 Å². The first-order chi connectivity index (χ1) is 12.8. The van der Waals surface area contributed by atoms with Crippen LogP contribution in [-0.2, 0) is 0 Å². The van der Waals surface area contributed by atoms with Crippen LogP contribution in [0.3, 0.4) is 0 Å². The van der Waals surface area contributed by atoms with E-state index in [0.717, 1.165) is 32.7 Å². The third-order valence-electron chi connectivity index (χ3n) is 4.53. The van der Waals surface area contributed by atoms with E-state index in [9.17, 15) is 5.26 Å². The molecule has 1 heterocycles. The highest BCUT2D eigenvalue weighted by Crippen LogP contribution is 2.30. The van der Waals surface area contributed by atoms with Gasteiger partial charge in [-0.3, -0.25) is 0 Å². The molecule has 0 amide bonds. The van der Waals surface area contributed by atoms with Gasteiger partial charge in [0.25, 0.3) is 0 Å². The van der Waals surface area contributed by atoms with Gasteiger partial charge < -0.3 is 4.57 Å². The molecule has 0 spiro atoms. The molecule has 0 fully saturated rings. The maximum absolute atomic E-state index is 9.64. The lowest BCUT2D eigenvalue weighted by atomic mass is 10.0. The van der Waals surface area contributed by atoms with Gasteiger partial charge in [-0.2, -0.15) is 5.26 Å². The summed E-state index contributed by atoms with van der Waals surface area (Å²) < 4.78 is 3.25. The third kappa shape index (κ3) is 3.99. The lowest BCUT2D eigenvalue weighted by Crippen LogP contribution is -1.99. The van der Waals surface area contributed by atoms with Crippen molar-refractivity contribution in [2.45, 2.75) is 20.8 Å². The third-order valence-corrected chi connectivity index (χ3v) is 6.13. The first kappa shape index (κ1) is 19.8. The second kappa shape index (κ2) is 7.94. The standard InChI is InChI=1S/C22H17BrCl2N2/c1-13-4-6-19(11-20(13)23)27-14(2)8-17(15(27)3)9-18(12-26)16-5-7-21(24)22(25)10-16/h4-11H,1-3H3/b18-9-. The second-order valence-corrected chi connectivity index (χ2v) is 8.06. The van der Waals surface area contributed by atoms with Gasteiger partial charge in [0.05, 0.1) is 21.7 Å². The molecule has 0 aliphatic carbocycles. The van der Waals surface area contributed by atoms with Crippen LogP contribution in [0.15, 0.2) is 46.9 Å². The summed E-state index contributed by atoms with van der Waals surface area (Å²) in [6.07, 6.45) is 1.89. The fourth-order valence-corrected chi connectivity index (χ4v) is 3.72. The van der Waals surface area contributed by atoms with E-state index in [1.165, 1.54) is 5.56 Å². The normalized spacial score (nSPS) is 11.5. The van der Waals surface area contributed by atoms with Gasteiger partial charge in [-0.1, -0.05) is 51.3 Å². The van der Waals surface area contributed by atoms with Crippen LogP contribution in [0.5, 0.6) is 0 Å². The summed E-state index contributed by atoms with van der Waals surface area (Å²) >= 11 is 15.7. The average molecular weight is 460 g/mol. The summed E-state index contributed by atoms with van der Waals surface area (Å²) in [5.41, 5.74) is 6.71. The summed E-state index contributed by atoms with van der Waals surface area (Å²) in [6.45, 7) is 6.17. The first-order valence-corrected chi connectivity index (χ1v) is 9.89. The van der Waals surface area contributed by atoms with Gasteiger partial charge in [0.15, 0.2) is 0 Å². The molecule has 5 heteroatoms. The lowest BCUT2D eigenvalue weighted by Gasteiger charge is -2.11. The number of aryl methyl sites for hydroxylation is 2. The molecule has 1 aromatic heterocycles. The number of nitriles is 1. The first-order valence-electron chi connectivity index (χ1n) is 8.34. The number of allylic oxidation sites excluding steroid dienone is 1. The molecule has 0 aliphatic rings. The second-order valence-electron chi connectivity index (χ2n) is 6.39. The van der Waals surface area contributed by atoms with Crippen molar-refractivity contribution in [3.05, 3.63) is 85.1 Å². The highest BCUT2D eigenvalue weighted by Gasteiger charge is 2.12. The number of halogens is 3. The van der Waals surface area contributed by atoms with Gasteiger partial charge in [-0.05, 0) is 73.9 Å². The van der Waals surface area contributed by atoms with E-state index in [-0.39, 0.29) is 0 Å². The molecule has 0 atom stereocenters. The van der Waals surface area contributed by atoms with Crippen molar-refractivity contribution >= 4 is 50.8 Å². The molecule has 0 unspecified atom stereocenters. The molecule has 0 saturated heterocycles. The predicted octanol–water partition coefficient (Wildman–Crippen LogP) is 7.54. The van der Waals surface area contributed by atoms with Crippen LogP contribution in [0.1, 0.15) is 28.1 Å². The van der Waals surface area contributed by atoms with E-state index in [1.807, 2.05) is 6.08 Å².